The highest BCUT2D eigenvalue weighted by Crippen LogP contribution is 2.22. The van der Waals surface area contributed by atoms with Crippen LogP contribution in [-0.2, 0) is 0 Å². The lowest BCUT2D eigenvalue weighted by atomic mass is 10.0. The van der Waals surface area contributed by atoms with Crippen molar-refractivity contribution in [2.24, 2.45) is 0 Å². The van der Waals surface area contributed by atoms with Gasteiger partial charge in [-0.25, -0.2) is 4.52 Å². The van der Waals surface area contributed by atoms with E-state index in [0.29, 0.717) is 5.95 Å². The molecule has 90 valence electrons. The third-order valence-electron chi connectivity index (χ3n) is 3.02. The third kappa shape index (κ3) is 1.72. The first-order valence-corrected chi connectivity index (χ1v) is 5.83. The van der Waals surface area contributed by atoms with Gasteiger partial charge in [0, 0.05) is 11.8 Å². The Morgan fingerprint density at radius 3 is 2.50 bits per heavy atom. The van der Waals surface area contributed by atoms with Gasteiger partial charge in [-0.1, -0.05) is 29.8 Å². The number of fused-ring (bicyclic) bond motifs is 1. The van der Waals surface area contributed by atoms with E-state index in [9.17, 15) is 0 Å². The molecule has 0 bridgehead atoms. The topological polar surface area (TPSA) is 56.2 Å². The Kier molecular flexibility index (Phi) is 2.30. The summed E-state index contributed by atoms with van der Waals surface area (Å²) < 4.78 is 1.74. The first-order chi connectivity index (χ1) is 8.63. The highest BCUT2D eigenvalue weighted by Gasteiger charge is 2.06. The number of hydrogen-bond acceptors (Lipinski definition) is 3. The summed E-state index contributed by atoms with van der Waals surface area (Å²) in [5.74, 6) is 0.305. The highest BCUT2D eigenvalue weighted by atomic mass is 15.3. The minimum atomic E-state index is 0.305. The fraction of sp³-hybridized carbons (Fsp3) is 0.143. The van der Waals surface area contributed by atoms with Crippen LogP contribution in [-0.4, -0.2) is 14.6 Å². The molecule has 0 saturated heterocycles. The molecule has 0 aliphatic heterocycles. The van der Waals surface area contributed by atoms with Crippen molar-refractivity contribution in [3.8, 4) is 11.1 Å². The molecule has 0 amide bonds. The number of hydrogen-bond donors (Lipinski definition) is 1. The fourth-order valence-corrected chi connectivity index (χ4v) is 2.07. The average Bonchev–Trinajstić information content (AvgIpc) is 2.71. The summed E-state index contributed by atoms with van der Waals surface area (Å²) in [4.78, 5) is 4.19. The number of pyridine rings is 1. The van der Waals surface area contributed by atoms with E-state index in [1.807, 2.05) is 13.1 Å². The summed E-state index contributed by atoms with van der Waals surface area (Å²) in [5, 5.41) is 4.16. The third-order valence-corrected chi connectivity index (χ3v) is 3.02. The van der Waals surface area contributed by atoms with Gasteiger partial charge in [0.25, 0.3) is 0 Å². The van der Waals surface area contributed by atoms with Crippen LogP contribution in [0.1, 0.15) is 11.1 Å². The molecule has 0 aliphatic rings. The van der Waals surface area contributed by atoms with Gasteiger partial charge in [0.1, 0.15) is 0 Å². The quantitative estimate of drug-likeness (QED) is 0.709. The minimum absolute atomic E-state index is 0.305. The number of rotatable bonds is 1. The van der Waals surface area contributed by atoms with Crippen molar-refractivity contribution >= 4 is 11.6 Å². The second-order valence-corrected chi connectivity index (χ2v) is 4.52. The zero-order chi connectivity index (χ0) is 12.7. The van der Waals surface area contributed by atoms with Crippen molar-refractivity contribution in [3.63, 3.8) is 0 Å². The van der Waals surface area contributed by atoms with Crippen LogP contribution in [0.25, 0.3) is 16.8 Å². The van der Waals surface area contributed by atoms with Crippen LogP contribution in [0, 0.1) is 13.8 Å². The lowest BCUT2D eigenvalue weighted by molar-refractivity contribution is 0.964. The van der Waals surface area contributed by atoms with Gasteiger partial charge in [-0.05, 0) is 31.0 Å². The lowest BCUT2D eigenvalue weighted by Gasteiger charge is -2.05. The number of aromatic nitrogens is 3. The van der Waals surface area contributed by atoms with Crippen LogP contribution in [0.5, 0.6) is 0 Å². The first-order valence-electron chi connectivity index (χ1n) is 5.83. The molecule has 2 heterocycles. The molecule has 0 atom stereocenters. The standard InChI is InChI=1S/C14H14N4/c1-9-3-5-11(6-4-9)12-7-10(2)13-16-14(15)17-18(13)8-12/h3-8H,1-2H3,(H2,15,17). The molecular weight excluding hydrogens is 224 g/mol. The van der Waals surface area contributed by atoms with Crippen LogP contribution in [0.2, 0.25) is 0 Å². The van der Waals surface area contributed by atoms with Gasteiger partial charge < -0.3 is 5.73 Å². The van der Waals surface area contributed by atoms with E-state index in [1.54, 1.807) is 4.52 Å². The summed E-state index contributed by atoms with van der Waals surface area (Å²) in [6.45, 7) is 4.09. The number of nitrogens with zero attached hydrogens (tertiary/aromatic N) is 3. The van der Waals surface area contributed by atoms with Crippen molar-refractivity contribution in [2.45, 2.75) is 13.8 Å². The molecule has 0 aliphatic carbocycles. The van der Waals surface area contributed by atoms with Crippen LogP contribution < -0.4 is 5.73 Å². The molecule has 2 N–H and O–H groups in total. The van der Waals surface area contributed by atoms with Gasteiger partial charge in [0.2, 0.25) is 5.95 Å². The zero-order valence-corrected chi connectivity index (χ0v) is 10.4. The lowest BCUT2D eigenvalue weighted by Crippen LogP contribution is -1.92. The van der Waals surface area contributed by atoms with Gasteiger partial charge >= 0.3 is 0 Å². The number of anilines is 1. The van der Waals surface area contributed by atoms with E-state index in [1.165, 1.54) is 11.1 Å². The second kappa shape index (κ2) is 3.84. The molecule has 0 unspecified atom stereocenters. The van der Waals surface area contributed by atoms with E-state index in [2.05, 4.69) is 47.3 Å². The Hall–Kier alpha value is -2.36. The van der Waals surface area contributed by atoms with Crippen LogP contribution in [0.4, 0.5) is 5.95 Å². The monoisotopic (exact) mass is 238 g/mol. The molecule has 4 nitrogen and oxygen atoms in total. The van der Waals surface area contributed by atoms with E-state index in [4.69, 9.17) is 5.73 Å². The predicted molar refractivity (Wildman–Crippen MR) is 72.3 cm³/mol. The van der Waals surface area contributed by atoms with Crippen LogP contribution in [0.3, 0.4) is 0 Å². The Morgan fingerprint density at radius 2 is 1.78 bits per heavy atom. The Bertz CT molecular complexity index is 710. The molecule has 3 rings (SSSR count). The van der Waals surface area contributed by atoms with Crippen molar-refractivity contribution in [3.05, 3.63) is 47.7 Å². The van der Waals surface area contributed by atoms with Crippen molar-refractivity contribution in [2.75, 3.05) is 5.73 Å². The molecular formula is C14H14N4. The normalized spacial score (nSPS) is 11.0. The maximum absolute atomic E-state index is 5.63. The number of nitrogen functional groups attached to an aromatic ring is 1. The zero-order valence-electron chi connectivity index (χ0n) is 10.4. The number of nitrogens with two attached hydrogens (primary N) is 1. The summed E-state index contributed by atoms with van der Waals surface area (Å²) in [5.41, 5.74) is 11.0. The summed E-state index contributed by atoms with van der Waals surface area (Å²) in [6, 6.07) is 10.5. The van der Waals surface area contributed by atoms with Gasteiger partial charge in [-0.3, -0.25) is 0 Å². The molecule has 0 spiro atoms. The molecule has 1 aromatic carbocycles. The maximum atomic E-state index is 5.63. The van der Waals surface area contributed by atoms with Crippen molar-refractivity contribution in [1.82, 2.24) is 14.6 Å². The Balaban J connectivity index is 2.20. The molecule has 2 aromatic heterocycles. The Labute approximate surface area is 105 Å². The summed E-state index contributed by atoms with van der Waals surface area (Å²) in [6.07, 6.45) is 1.95. The molecule has 18 heavy (non-hydrogen) atoms. The van der Waals surface area contributed by atoms with E-state index in [-0.39, 0.29) is 0 Å². The van der Waals surface area contributed by atoms with Crippen LogP contribution >= 0.6 is 0 Å². The predicted octanol–water partition coefficient (Wildman–Crippen LogP) is 2.60. The van der Waals surface area contributed by atoms with E-state index >= 15 is 0 Å². The second-order valence-electron chi connectivity index (χ2n) is 4.52. The van der Waals surface area contributed by atoms with Gasteiger partial charge in [0.05, 0.1) is 0 Å². The minimum Gasteiger partial charge on any atom is -0.366 e. The fourth-order valence-electron chi connectivity index (χ4n) is 2.07. The number of aryl methyl sites for hydroxylation is 2. The molecule has 3 aromatic rings. The number of benzene rings is 1. The summed E-state index contributed by atoms with van der Waals surface area (Å²) in [7, 11) is 0. The largest absolute Gasteiger partial charge is 0.366 e. The van der Waals surface area contributed by atoms with E-state index < -0.39 is 0 Å². The van der Waals surface area contributed by atoms with Gasteiger partial charge in [-0.15, -0.1) is 5.10 Å². The van der Waals surface area contributed by atoms with Gasteiger partial charge in [0.15, 0.2) is 5.65 Å². The molecule has 0 radical (unpaired) electrons. The molecule has 0 saturated carbocycles. The van der Waals surface area contributed by atoms with E-state index in [0.717, 1.165) is 16.8 Å². The smallest absolute Gasteiger partial charge is 0.240 e. The van der Waals surface area contributed by atoms with Crippen molar-refractivity contribution in [1.29, 1.82) is 0 Å². The summed E-state index contributed by atoms with van der Waals surface area (Å²) >= 11 is 0. The maximum Gasteiger partial charge on any atom is 0.240 e. The van der Waals surface area contributed by atoms with Crippen LogP contribution in [0.15, 0.2) is 36.5 Å². The highest BCUT2D eigenvalue weighted by molar-refractivity contribution is 5.67. The van der Waals surface area contributed by atoms with Gasteiger partial charge in [-0.2, -0.15) is 4.98 Å². The Morgan fingerprint density at radius 1 is 1.06 bits per heavy atom. The average molecular weight is 238 g/mol. The molecule has 4 heteroatoms. The first kappa shape index (κ1) is 10.8. The SMILES string of the molecule is Cc1ccc(-c2cc(C)c3nc(N)nn3c2)cc1. The van der Waals surface area contributed by atoms with Crippen molar-refractivity contribution < 1.29 is 0 Å². The molecule has 0 fully saturated rings.